The monoisotopic (exact) mass is 329 g/mol. The maximum absolute atomic E-state index is 12.6. The predicted octanol–water partition coefficient (Wildman–Crippen LogP) is 4.14. The lowest BCUT2D eigenvalue weighted by Crippen LogP contribution is -2.13. The summed E-state index contributed by atoms with van der Waals surface area (Å²) in [4.78, 5) is 19.2. The summed E-state index contributed by atoms with van der Waals surface area (Å²) in [6, 6.07) is 9.27. The lowest BCUT2D eigenvalue weighted by molar-refractivity contribution is 0.865. The summed E-state index contributed by atoms with van der Waals surface area (Å²) in [5, 5.41) is 5.45. The van der Waals surface area contributed by atoms with Crippen molar-refractivity contribution in [3.05, 3.63) is 56.8 Å². The number of hydrogen-bond acceptors (Lipinski definition) is 3. The van der Waals surface area contributed by atoms with Crippen molar-refractivity contribution in [1.82, 2.24) is 14.8 Å². The number of nitrogens with zero attached hydrogens (tertiary/aromatic N) is 2. The van der Waals surface area contributed by atoms with Gasteiger partial charge in [0.2, 0.25) is 0 Å². The number of aromatic amines is 1. The molecule has 3 heterocycles. The van der Waals surface area contributed by atoms with Crippen LogP contribution in [0.25, 0.3) is 26.8 Å². The molecule has 0 fully saturated rings. The second kappa shape index (κ2) is 4.97. The van der Waals surface area contributed by atoms with Crippen LogP contribution in [0, 0.1) is 0 Å². The Kier molecular flexibility index (Phi) is 3.06. The lowest BCUT2D eigenvalue weighted by atomic mass is 10.2. The Morgan fingerprint density at radius 2 is 2.05 bits per heavy atom. The van der Waals surface area contributed by atoms with Gasteiger partial charge in [-0.1, -0.05) is 18.5 Å². The van der Waals surface area contributed by atoms with E-state index >= 15 is 0 Å². The van der Waals surface area contributed by atoms with E-state index in [1.54, 1.807) is 29.7 Å². The van der Waals surface area contributed by atoms with Crippen LogP contribution in [-0.2, 0) is 6.42 Å². The summed E-state index contributed by atoms with van der Waals surface area (Å²) in [7, 11) is 0. The molecule has 0 saturated carbocycles. The standard InChI is InChI=1S/C16H12ClN3OS/c1-2-11-7-12-14-13(8-18-15(12)22-11)16(21)20(19-14)10-5-3-9(17)4-6-10/h3-8,19H,2H2,1H3. The second-order valence-corrected chi connectivity index (χ2v) is 6.61. The minimum absolute atomic E-state index is 0.101. The van der Waals surface area contributed by atoms with E-state index in [1.807, 2.05) is 12.1 Å². The predicted molar refractivity (Wildman–Crippen MR) is 91.5 cm³/mol. The number of nitrogens with one attached hydrogen (secondary N) is 1. The van der Waals surface area contributed by atoms with Gasteiger partial charge >= 0.3 is 0 Å². The molecule has 0 atom stereocenters. The number of rotatable bonds is 2. The van der Waals surface area contributed by atoms with Crippen molar-refractivity contribution in [3.8, 4) is 5.69 Å². The van der Waals surface area contributed by atoms with Gasteiger partial charge in [-0.2, -0.15) is 0 Å². The molecule has 1 N–H and O–H groups in total. The van der Waals surface area contributed by atoms with Gasteiger partial charge < -0.3 is 0 Å². The summed E-state index contributed by atoms with van der Waals surface area (Å²) in [6.45, 7) is 2.11. The third kappa shape index (κ3) is 1.97. The van der Waals surface area contributed by atoms with E-state index in [-0.39, 0.29) is 5.56 Å². The van der Waals surface area contributed by atoms with Crippen LogP contribution in [0.5, 0.6) is 0 Å². The zero-order chi connectivity index (χ0) is 15.3. The molecule has 0 amide bonds. The summed E-state index contributed by atoms with van der Waals surface area (Å²) in [5.74, 6) is 0. The topological polar surface area (TPSA) is 50.7 Å². The van der Waals surface area contributed by atoms with E-state index < -0.39 is 0 Å². The van der Waals surface area contributed by atoms with E-state index in [4.69, 9.17) is 11.6 Å². The van der Waals surface area contributed by atoms with Crippen LogP contribution in [0.2, 0.25) is 5.02 Å². The molecule has 3 aromatic heterocycles. The Morgan fingerprint density at radius 1 is 1.27 bits per heavy atom. The first-order valence-corrected chi connectivity index (χ1v) is 8.15. The van der Waals surface area contributed by atoms with Crippen LogP contribution >= 0.6 is 22.9 Å². The van der Waals surface area contributed by atoms with E-state index in [9.17, 15) is 4.79 Å². The molecular formula is C16H12ClN3OS. The molecule has 0 bridgehead atoms. The Bertz CT molecular complexity index is 1040. The van der Waals surface area contributed by atoms with Gasteiger partial charge in [0.25, 0.3) is 5.56 Å². The van der Waals surface area contributed by atoms with Gasteiger partial charge in [-0.3, -0.25) is 9.89 Å². The van der Waals surface area contributed by atoms with Crippen molar-refractivity contribution >= 4 is 44.1 Å². The highest BCUT2D eigenvalue weighted by molar-refractivity contribution is 7.18. The SMILES string of the molecule is CCc1cc2c(ncc3c(=O)n(-c4ccc(Cl)cc4)[nH]c32)s1. The molecule has 0 spiro atoms. The number of halogens is 1. The Hall–Kier alpha value is -2.11. The number of H-pyrrole nitrogens is 1. The minimum atomic E-state index is -0.101. The van der Waals surface area contributed by atoms with E-state index in [1.165, 1.54) is 9.56 Å². The normalized spacial score (nSPS) is 11.5. The van der Waals surface area contributed by atoms with E-state index in [2.05, 4.69) is 23.1 Å². The second-order valence-electron chi connectivity index (χ2n) is 5.06. The zero-order valence-electron chi connectivity index (χ0n) is 11.8. The zero-order valence-corrected chi connectivity index (χ0v) is 13.3. The summed E-state index contributed by atoms with van der Waals surface area (Å²) >= 11 is 7.57. The third-order valence-electron chi connectivity index (χ3n) is 3.70. The molecule has 4 rings (SSSR count). The maximum Gasteiger partial charge on any atom is 0.280 e. The average Bonchev–Trinajstić information content (AvgIpc) is 3.09. The van der Waals surface area contributed by atoms with Crippen molar-refractivity contribution in [2.45, 2.75) is 13.3 Å². The van der Waals surface area contributed by atoms with Crippen molar-refractivity contribution in [1.29, 1.82) is 0 Å². The van der Waals surface area contributed by atoms with Gasteiger partial charge in [-0.05, 0) is 36.8 Å². The fraction of sp³-hybridized carbons (Fsp3) is 0.125. The lowest BCUT2D eigenvalue weighted by Gasteiger charge is -2.00. The number of pyridine rings is 1. The van der Waals surface area contributed by atoms with Crippen molar-refractivity contribution in [3.63, 3.8) is 0 Å². The highest BCUT2D eigenvalue weighted by atomic mass is 35.5. The number of benzene rings is 1. The first-order chi connectivity index (χ1) is 10.7. The summed E-state index contributed by atoms with van der Waals surface area (Å²) in [6.07, 6.45) is 2.61. The highest BCUT2D eigenvalue weighted by Gasteiger charge is 2.13. The van der Waals surface area contributed by atoms with Crippen LogP contribution in [-0.4, -0.2) is 14.8 Å². The van der Waals surface area contributed by atoms with Gasteiger partial charge in [-0.15, -0.1) is 11.3 Å². The van der Waals surface area contributed by atoms with E-state index in [0.717, 1.165) is 27.8 Å². The Morgan fingerprint density at radius 3 is 2.77 bits per heavy atom. The molecule has 0 aliphatic rings. The first-order valence-electron chi connectivity index (χ1n) is 6.95. The van der Waals surface area contributed by atoms with Gasteiger partial charge in [0.1, 0.15) is 4.83 Å². The number of aromatic nitrogens is 3. The molecule has 110 valence electrons. The molecule has 0 saturated heterocycles. The van der Waals surface area contributed by atoms with Crippen molar-refractivity contribution in [2.75, 3.05) is 0 Å². The molecule has 4 nitrogen and oxygen atoms in total. The third-order valence-corrected chi connectivity index (χ3v) is 5.14. The van der Waals surface area contributed by atoms with E-state index in [0.29, 0.717) is 10.4 Å². The molecule has 6 heteroatoms. The van der Waals surface area contributed by atoms with Crippen LogP contribution in [0.4, 0.5) is 0 Å². The molecule has 4 aromatic rings. The largest absolute Gasteiger partial charge is 0.289 e. The van der Waals surface area contributed by atoms with Crippen molar-refractivity contribution < 1.29 is 0 Å². The number of fused-ring (bicyclic) bond motifs is 3. The van der Waals surface area contributed by atoms with Crippen LogP contribution in [0.15, 0.2) is 41.3 Å². The molecule has 0 unspecified atom stereocenters. The van der Waals surface area contributed by atoms with Crippen LogP contribution in [0.3, 0.4) is 0 Å². The van der Waals surface area contributed by atoms with Crippen molar-refractivity contribution in [2.24, 2.45) is 0 Å². The molecule has 22 heavy (non-hydrogen) atoms. The fourth-order valence-corrected chi connectivity index (χ4v) is 3.62. The number of hydrogen-bond donors (Lipinski definition) is 1. The van der Waals surface area contributed by atoms with Gasteiger partial charge in [0, 0.05) is 21.5 Å². The molecule has 1 aromatic carbocycles. The van der Waals surface area contributed by atoms with Gasteiger partial charge in [0.15, 0.2) is 0 Å². The molecule has 0 aliphatic heterocycles. The Balaban J connectivity index is 2.03. The number of aryl methyl sites for hydroxylation is 1. The molecule has 0 radical (unpaired) electrons. The smallest absolute Gasteiger partial charge is 0.280 e. The quantitative estimate of drug-likeness (QED) is 0.600. The molecular weight excluding hydrogens is 318 g/mol. The average molecular weight is 330 g/mol. The minimum Gasteiger partial charge on any atom is -0.289 e. The fourth-order valence-electron chi connectivity index (χ4n) is 2.55. The highest BCUT2D eigenvalue weighted by Crippen LogP contribution is 2.29. The van der Waals surface area contributed by atoms with Crippen LogP contribution in [0.1, 0.15) is 11.8 Å². The Labute approximate surface area is 135 Å². The first kappa shape index (κ1) is 13.5. The summed E-state index contributed by atoms with van der Waals surface area (Å²) < 4.78 is 1.53. The van der Waals surface area contributed by atoms with Crippen LogP contribution < -0.4 is 5.56 Å². The van der Waals surface area contributed by atoms with Gasteiger partial charge in [0.05, 0.1) is 16.6 Å². The number of thiophene rings is 1. The van der Waals surface area contributed by atoms with Gasteiger partial charge in [-0.25, -0.2) is 9.67 Å². The molecule has 0 aliphatic carbocycles. The maximum atomic E-state index is 12.6. The summed E-state index contributed by atoms with van der Waals surface area (Å²) in [5.41, 5.74) is 1.49.